The minimum absolute atomic E-state index is 0.457. The summed E-state index contributed by atoms with van der Waals surface area (Å²) >= 11 is 0. The minimum atomic E-state index is 0.457. The van der Waals surface area contributed by atoms with Crippen LogP contribution in [-0.4, -0.2) is 30.1 Å². The Bertz CT molecular complexity index is 136. The summed E-state index contributed by atoms with van der Waals surface area (Å²) in [5.74, 6) is 0. The molecule has 2 N–H and O–H groups in total. The summed E-state index contributed by atoms with van der Waals surface area (Å²) in [5, 5.41) is 0. The van der Waals surface area contributed by atoms with Crippen LogP contribution in [0.5, 0.6) is 0 Å². The Morgan fingerprint density at radius 3 is 2.85 bits per heavy atom. The Morgan fingerprint density at radius 1 is 1.38 bits per heavy atom. The van der Waals surface area contributed by atoms with Gasteiger partial charge in [0, 0.05) is 12.1 Å². The molecule has 1 saturated heterocycles. The van der Waals surface area contributed by atoms with Crippen molar-refractivity contribution < 1.29 is 0 Å². The van der Waals surface area contributed by atoms with Gasteiger partial charge in [-0.05, 0) is 45.7 Å². The monoisotopic (exact) mass is 184 g/mol. The molecule has 2 heteroatoms. The lowest BCUT2D eigenvalue weighted by Crippen LogP contribution is -2.34. The van der Waals surface area contributed by atoms with Crippen molar-refractivity contribution in [3.63, 3.8) is 0 Å². The van der Waals surface area contributed by atoms with Crippen LogP contribution in [0.25, 0.3) is 0 Å². The molecule has 0 spiro atoms. The summed E-state index contributed by atoms with van der Waals surface area (Å²) in [6.07, 6.45) is 6.32. The first-order chi connectivity index (χ1) is 6.24. The van der Waals surface area contributed by atoms with Crippen molar-refractivity contribution in [1.29, 1.82) is 0 Å². The first-order valence-electron chi connectivity index (χ1n) is 5.73. The van der Waals surface area contributed by atoms with E-state index in [0.29, 0.717) is 6.04 Å². The fraction of sp³-hybridized carbons (Fsp3) is 1.00. The summed E-state index contributed by atoms with van der Waals surface area (Å²) in [5.41, 5.74) is 5.94. The zero-order valence-corrected chi connectivity index (χ0v) is 9.13. The van der Waals surface area contributed by atoms with Crippen molar-refractivity contribution in [2.75, 3.05) is 13.1 Å². The lowest BCUT2D eigenvalue weighted by Gasteiger charge is -2.27. The zero-order valence-electron chi connectivity index (χ0n) is 9.13. The van der Waals surface area contributed by atoms with Crippen molar-refractivity contribution in [2.24, 2.45) is 5.73 Å². The predicted molar refractivity (Wildman–Crippen MR) is 57.8 cm³/mol. The Balaban J connectivity index is 2.32. The predicted octanol–water partition coefficient (Wildman–Crippen LogP) is 1.99. The van der Waals surface area contributed by atoms with Gasteiger partial charge in [0.05, 0.1) is 0 Å². The van der Waals surface area contributed by atoms with Crippen LogP contribution in [0, 0.1) is 0 Å². The molecule has 1 aliphatic rings. The van der Waals surface area contributed by atoms with E-state index in [4.69, 9.17) is 5.73 Å². The summed E-state index contributed by atoms with van der Waals surface area (Å²) in [7, 11) is 0. The van der Waals surface area contributed by atoms with Crippen LogP contribution >= 0.6 is 0 Å². The van der Waals surface area contributed by atoms with Gasteiger partial charge in [-0.15, -0.1) is 0 Å². The van der Waals surface area contributed by atoms with Crippen LogP contribution in [-0.2, 0) is 0 Å². The Kier molecular flexibility index (Phi) is 4.74. The molecule has 0 saturated carbocycles. The van der Waals surface area contributed by atoms with Gasteiger partial charge in [0.15, 0.2) is 0 Å². The standard InChI is InChI=1S/C11H24N2/c1-3-5-10(2)13-8-4-6-11(12)7-9-13/h10-11H,3-9,12H2,1-2H3. The van der Waals surface area contributed by atoms with Gasteiger partial charge in [0.25, 0.3) is 0 Å². The molecule has 1 aliphatic heterocycles. The van der Waals surface area contributed by atoms with Crippen LogP contribution in [0.1, 0.15) is 46.0 Å². The van der Waals surface area contributed by atoms with Gasteiger partial charge < -0.3 is 10.6 Å². The van der Waals surface area contributed by atoms with Gasteiger partial charge in [-0.1, -0.05) is 13.3 Å². The van der Waals surface area contributed by atoms with Crippen LogP contribution in [0.2, 0.25) is 0 Å². The molecule has 0 bridgehead atoms. The summed E-state index contributed by atoms with van der Waals surface area (Å²) in [6, 6.07) is 1.22. The van der Waals surface area contributed by atoms with Gasteiger partial charge in [-0.25, -0.2) is 0 Å². The molecule has 0 amide bonds. The van der Waals surface area contributed by atoms with E-state index in [1.807, 2.05) is 0 Å². The lowest BCUT2D eigenvalue weighted by molar-refractivity contribution is 0.205. The third-order valence-electron chi connectivity index (χ3n) is 3.14. The summed E-state index contributed by atoms with van der Waals surface area (Å²) < 4.78 is 0. The molecule has 13 heavy (non-hydrogen) atoms. The number of likely N-dealkylation sites (tertiary alicyclic amines) is 1. The van der Waals surface area contributed by atoms with E-state index in [0.717, 1.165) is 6.04 Å². The second-order valence-corrected chi connectivity index (χ2v) is 4.36. The van der Waals surface area contributed by atoms with Crippen molar-refractivity contribution in [1.82, 2.24) is 4.90 Å². The van der Waals surface area contributed by atoms with E-state index in [1.165, 1.54) is 45.2 Å². The number of hydrogen-bond acceptors (Lipinski definition) is 2. The quantitative estimate of drug-likeness (QED) is 0.727. The topological polar surface area (TPSA) is 29.3 Å². The Morgan fingerprint density at radius 2 is 2.15 bits per heavy atom. The van der Waals surface area contributed by atoms with E-state index >= 15 is 0 Å². The molecule has 1 heterocycles. The first kappa shape index (κ1) is 11.0. The first-order valence-corrected chi connectivity index (χ1v) is 5.73. The van der Waals surface area contributed by atoms with Crippen LogP contribution in [0.15, 0.2) is 0 Å². The molecular weight excluding hydrogens is 160 g/mol. The normalized spacial score (nSPS) is 28.4. The zero-order chi connectivity index (χ0) is 9.68. The van der Waals surface area contributed by atoms with Crippen molar-refractivity contribution in [2.45, 2.75) is 58.0 Å². The smallest absolute Gasteiger partial charge is 0.00668 e. The minimum Gasteiger partial charge on any atom is -0.328 e. The highest BCUT2D eigenvalue weighted by atomic mass is 15.1. The maximum absolute atomic E-state index is 5.94. The molecule has 0 aromatic rings. The molecule has 0 aliphatic carbocycles. The van der Waals surface area contributed by atoms with Gasteiger partial charge >= 0.3 is 0 Å². The average Bonchev–Trinajstić information content (AvgIpc) is 2.30. The highest BCUT2D eigenvalue weighted by Gasteiger charge is 2.17. The average molecular weight is 184 g/mol. The number of nitrogens with two attached hydrogens (primary N) is 1. The highest BCUT2D eigenvalue weighted by Crippen LogP contribution is 2.14. The number of nitrogens with zero attached hydrogens (tertiary/aromatic N) is 1. The third kappa shape index (κ3) is 3.65. The maximum atomic E-state index is 5.94. The van der Waals surface area contributed by atoms with Gasteiger partial charge in [-0.2, -0.15) is 0 Å². The van der Waals surface area contributed by atoms with Gasteiger partial charge in [0.1, 0.15) is 0 Å². The maximum Gasteiger partial charge on any atom is 0.00668 e. The van der Waals surface area contributed by atoms with Crippen LogP contribution in [0.4, 0.5) is 0 Å². The van der Waals surface area contributed by atoms with E-state index < -0.39 is 0 Å². The van der Waals surface area contributed by atoms with Crippen LogP contribution < -0.4 is 5.73 Å². The SMILES string of the molecule is CCCC(C)N1CCCC(N)CC1. The Hall–Kier alpha value is -0.0800. The van der Waals surface area contributed by atoms with Gasteiger partial charge in [0.2, 0.25) is 0 Å². The van der Waals surface area contributed by atoms with Gasteiger partial charge in [-0.3, -0.25) is 0 Å². The third-order valence-corrected chi connectivity index (χ3v) is 3.14. The fourth-order valence-corrected chi connectivity index (χ4v) is 2.19. The fourth-order valence-electron chi connectivity index (χ4n) is 2.19. The number of hydrogen-bond donors (Lipinski definition) is 1. The molecule has 0 radical (unpaired) electrons. The van der Waals surface area contributed by atoms with E-state index in [2.05, 4.69) is 18.7 Å². The molecule has 2 atom stereocenters. The van der Waals surface area contributed by atoms with Crippen LogP contribution in [0.3, 0.4) is 0 Å². The second kappa shape index (κ2) is 5.61. The molecule has 1 fully saturated rings. The molecule has 78 valence electrons. The van der Waals surface area contributed by atoms with Crippen molar-refractivity contribution in [3.05, 3.63) is 0 Å². The summed E-state index contributed by atoms with van der Waals surface area (Å²) in [6.45, 7) is 7.08. The van der Waals surface area contributed by atoms with Crippen molar-refractivity contribution in [3.8, 4) is 0 Å². The molecular formula is C11H24N2. The molecule has 1 rings (SSSR count). The molecule has 2 nitrogen and oxygen atoms in total. The largest absolute Gasteiger partial charge is 0.328 e. The van der Waals surface area contributed by atoms with Crippen molar-refractivity contribution >= 4 is 0 Å². The lowest BCUT2D eigenvalue weighted by atomic mass is 10.1. The molecule has 0 aromatic carbocycles. The molecule has 0 aromatic heterocycles. The van der Waals surface area contributed by atoms with E-state index in [1.54, 1.807) is 0 Å². The molecule has 2 unspecified atom stereocenters. The Labute approximate surface area is 82.5 Å². The number of rotatable bonds is 3. The highest BCUT2D eigenvalue weighted by molar-refractivity contribution is 4.75. The van der Waals surface area contributed by atoms with E-state index in [9.17, 15) is 0 Å². The summed E-state index contributed by atoms with van der Waals surface area (Å²) in [4.78, 5) is 2.61. The van der Waals surface area contributed by atoms with E-state index in [-0.39, 0.29) is 0 Å². The second-order valence-electron chi connectivity index (χ2n) is 4.36.